The van der Waals surface area contributed by atoms with Gasteiger partial charge < -0.3 is 5.11 Å². The summed E-state index contributed by atoms with van der Waals surface area (Å²) >= 11 is -0.217. The van der Waals surface area contributed by atoms with E-state index in [-0.39, 0.29) is 11.1 Å². The van der Waals surface area contributed by atoms with Crippen LogP contribution in [0.4, 0.5) is 5.69 Å². The van der Waals surface area contributed by atoms with Crippen LogP contribution in [0.25, 0.3) is 16.7 Å². The van der Waals surface area contributed by atoms with Crippen LogP contribution in [0.5, 0.6) is 0 Å². The highest BCUT2D eigenvalue weighted by Gasteiger charge is 2.67. The summed E-state index contributed by atoms with van der Waals surface area (Å²) in [5.74, 6) is 1.42. The highest BCUT2D eigenvalue weighted by Crippen LogP contribution is 2.65. The average molecular weight is 435 g/mol. The predicted molar refractivity (Wildman–Crippen MR) is 135 cm³/mol. The molecule has 156 valence electrons. The number of anilines is 1. The Morgan fingerprint density at radius 3 is 2.03 bits per heavy atom. The summed E-state index contributed by atoms with van der Waals surface area (Å²) in [7, 11) is 0. The van der Waals surface area contributed by atoms with Gasteiger partial charge in [-0.2, -0.15) is 4.31 Å². The Morgan fingerprint density at radius 2 is 1.31 bits per heavy atom. The van der Waals surface area contributed by atoms with Crippen LogP contribution >= 0.6 is 0 Å². The Morgan fingerprint density at radius 1 is 0.719 bits per heavy atom. The largest absolute Gasteiger partial charge is 0.508 e. The number of aliphatic hydroxyl groups excluding tert-OH is 1. The number of fused-ring (bicyclic) bond motifs is 3. The van der Waals surface area contributed by atoms with Crippen LogP contribution in [0.15, 0.2) is 120 Å². The van der Waals surface area contributed by atoms with Gasteiger partial charge in [0, 0.05) is 16.7 Å². The molecule has 2 aliphatic rings. The van der Waals surface area contributed by atoms with Crippen LogP contribution in [0.3, 0.4) is 0 Å². The summed E-state index contributed by atoms with van der Waals surface area (Å²) in [5, 5.41) is 11.6. The zero-order chi connectivity index (χ0) is 21.7. The molecule has 4 aromatic rings. The third-order valence-electron chi connectivity index (χ3n) is 6.49. The normalized spacial score (nSPS) is 21.2. The zero-order valence-electron chi connectivity index (χ0n) is 17.9. The molecular weight excluding hydrogens is 410 g/mol. The number of para-hydroxylation sites is 1. The highest BCUT2D eigenvalue weighted by molar-refractivity contribution is 7.98. The van der Waals surface area contributed by atoms with E-state index in [1.54, 1.807) is 0 Å². The van der Waals surface area contributed by atoms with Gasteiger partial charge in [0.1, 0.15) is 22.6 Å². The number of benzene rings is 4. The lowest BCUT2D eigenvalue weighted by Crippen LogP contribution is -2.46. The van der Waals surface area contributed by atoms with E-state index in [1.807, 2.05) is 24.3 Å². The lowest BCUT2D eigenvalue weighted by atomic mass is 9.94. The minimum atomic E-state index is -0.661. The van der Waals surface area contributed by atoms with Crippen molar-refractivity contribution in [3.8, 4) is 11.1 Å². The molecule has 2 nitrogen and oxygen atoms in total. The van der Waals surface area contributed by atoms with E-state index in [9.17, 15) is 5.11 Å². The number of aliphatic hydroxyl groups is 1. The Hall–Kier alpha value is -3.43. The average Bonchev–Trinajstić information content (AvgIpc) is 3.49. The second kappa shape index (κ2) is 7.32. The van der Waals surface area contributed by atoms with E-state index < -0.39 is 5.54 Å². The second-order valence-electron chi connectivity index (χ2n) is 8.13. The molecule has 0 spiro atoms. The Labute approximate surface area is 192 Å². The molecule has 2 atom stereocenters. The van der Waals surface area contributed by atoms with Crippen LogP contribution in [-0.4, -0.2) is 10.9 Å². The molecule has 32 heavy (non-hydrogen) atoms. The van der Waals surface area contributed by atoms with Gasteiger partial charge in [-0.25, -0.2) is 0 Å². The van der Waals surface area contributed by atoms with Crippen LogP contribution in [0.1, 0.15) is 18.1 Å². The molecule has 0 saturated heterocycles. The summed E-state index contributed by atoms with van der Waals surface area (Å²) < 4.78 is 2.50. The summed E-state index contributed by atoms with van der Waals surface area (Å²) in [5.41, 5.74) is 6.23. The Kier molecular flexibility index (Phi) is 4.41. The van der Waals surface area contributed by atoms with Gasteiger partial charge in [-0.3, -0.25) is 0 Å². The van der Waals surface area contributed by atoms with Gasteiger partial charge in [-0.05, 0) is 36.2 Å². The van der Waals surface area contributed by atoms with Crippen LogP contribution in [-0.2, 0) is 16.6 Å². The van der Waals surface area contributed by atoms with Crippen LogP contribution in [0.2, 0.25) is 0 Å². The summed E-state index contributed by atoms with van der Waals surface area (Å²) in [6.07, 6.45) is 0. The van der Waals surface area contributed by atoms with Crippen molar-refractivity contribution in [1.29, 1.82) is 0 Å². The molecule has 4 aromatic carbocycles. The second-order valence-corrected chi connectivity index (χ2v) is 10.2. The number of nitrogens with zero attached hydrogens (tertiary/aromatic N) is 1. The van der Waals surface area contributed by atoms with Crippen LogP contribution in [0, 0.1) is 0 Å². The first-order chi connectivity index (χ1) is 15.8. The van der Waals surface area contributed by atoms with E-state index in [0.717, 1.165) is 22.5 Å². The standard InChI is InChI=1S/C29H23NOS/c1-2-32-26-20-12-10-18-24(26)23-17-9-11-19-25(23)30(32)29(22-15-7-4-8-16-22)27(28(29)31)21-13-5-3-6-14-21/h3-20H,2H2,1H3/p+1. The van der Waals surface area contributed by atoms with Gasteiger partial charge in [-0.15, -0.1) is 0 Å². The van der Waals surface area contributed by atoms with E-state index in [0.29, 0.717) is 5.76 Å². The van der Waals surface area contributed by atoms with E-state index in [1.165, 1.54) is 21.7 Å². The highest BCUT2D eigenvalue weighted by atomic mass is 32.2. The fourth-order valence-electron chi connectivity index (χ4n) is 5.11. The summed E-state index contributed by atoms with van der Waals surface area (Å²) in [6.45, 7) is 2.25. The van der Waals surface area contributed by atoms with E-state index >= 15 is 0 Å². The molecule has 3 heteroatoms. The number of hydrogen-bond acceptors (Lipinski definition) is 2. The Bertz CT molecular complexity index is 1330. The fourth-order valence-corrected chi connectivity index (χ4v) is 7.55. The lowest BCUT2D eigenvalue weighted by Gasteiger charge is -2.37. The van der Waals surface area contributed by atoms with Crippen LogP contribution < -0.4 is 4.31 Å². The molecule has 1 aliphatic carbocycles. The quantitative estimate of drug-likeness (QED) is 0.351. The van der Waals surface area contributed by atoms with Gasteiger partial charge >= 0.3 is 0 Å². The van der Waals surface area contributed by atoms with Crippen molar-refractivity contribution in [2.75, 3.05) is 10.1 Å². The van der Waals surface area contributed by atoms with Gasteiger partial charge in [0.15, 0.2) is 10.4 Å². The number of rotatable bonds is 4. The van der Waals surface area contributed by atoms with Crippen molar-refractivity contribution in [2.24, 2.45) is 0 Å². The topological polar surface area (TPSA) is 23.5 Å². The SMILES string of the molecule is CC[S+]1c2ccccc2-c2ccccc2N1C1(c2ccccc2)C(O)=C1c1ccccc1. The van der Waals surface area contributed by atoms with Gasteiger partial charge in [0.25, 0.3) is 0 Å². The third kappa shape index (κ3) is 2.55. The van der Waals surface area contributed by atoms with E-state index in [4.69, 9.17) is 0 Å². The molecule has 2 unspecified atom stereocenters. The summed E-state index contributed by atoms with van der Waals surface area (Å²) in [6, 6.07) is 38.2. The molecule has 1 aliphatic heterocycles. The predicted octanol–water partition coefficient (Wildman–Crippen LogP) is 6.96. The van der Waals surface area contributed by atoms with Crippen molar-refractivity contribution in [1.82, 2.24) is 0 Å². The maximum absolute atomic E-state index is 11.6. The first-order valence-corrected chi connectivity index (χ1v) is 12.4. The lowest BCUT2D eigenvalue weighted by molar-refractivity contribution is 0.396. The van der Waals surface area contributed by atoms with Gasteiger partial charge in [0.05, 0.1) is 5.69 Å². The third-order valence-corrected chi connectivity index (χ3v) is 8.81. The molecular formula is C29H24NOS+. The smallest absolute Gasteiger partial charge is 0.198 e. The molecule has 0 bridgehead atoms. The molecule has 0 radical (unpaired) electrons. The van der Waals surface area contributed by atoms with Gasteiger partial charge in [-0.1, -0.05) is 91.0 Å². The minimum Gasteiger partial charge on any atom is -0.508 e. The maximum atomic E-state index is 11.6. The van der Waals surface area contributed by atoms with Crippen molar-refractivity contribution < 1.29 is 5.11 Å². The van der Waals surface area contributed by atoms with Crippen molar-refractivity contribution in [2.45, 2.75) is 17.4 Å². The molecule has 0 amide bonds. The molecule has 0 saturated carbocycles. The summed E-state index contributed by atoms with van der Waals surface area (Å²) in [4.78, 5) is 1.34. The van der Waals surface area contributed by atoms with Crippen molar-refractivity contribution in [3.05, 3.63) is 126 Å². The fraction of sp³-hybridized carbons (Fsp3) is 0.103. The Balaban J connectivity index is 1.64. The first-order valence-electron chi connectivity index (χ1n) is 11.0. The van der Waals surface area contributed by atoms with Crippen molar-refractivity contribution >= 4 is 22.3 Å². The molecule has 0 aromatic heterocycles. The van der Waals surface area contributed by atoms with Gasteiger partial charge in [0.2, 0.25) is 0 Å². The van der Waals surface area contributed by atoms with Crippen molar-refractivity contribution in [3.63, 3.8) is 0 Å². The molecule has 0 fully saturated rings. The molecule has 1 N–H and O–H groups in total. The molecule has 1 heterocycles. The minimum absolute atomic E-state index is 0.217. The van der Waals surface area contributed by atoms with E-state index in [2.05, 4.69) is 96.2 Å². The maximum Gasteiger partial charge on any atom is 0.198 e. The zero-order valence-corrected chi connectivity index (χ0v) is 18.7. The molecule has 6 rings (SSSR count). The first kappa shape index (κ1) is 19.3. The monoisotopic (exact) mass is 434 g/mol. The number of hydrogen-bond donors (Lipinski definition) is 1.